The molecule has 4 rings (SSSR count). The SMILES string of the molecule is C#CCN1C(=O)c2ccccc2[C@]12CC(=O)N(Cc1ccccc1)[C@H]2CC=C. The molecule has 2 aromatic rings. The number of amides is 2. The Morgan fingerprint density at radius 2 is 1.86 bits per heavy atom. The van der Waals surface area contributed by atoms with Crippen molar-refractivity contribution in [3.63, 3.8) is 0 Å². The molecule has 0 saturated carbocycles. The fourth-order valence-corrected chi connectivity index (χ4v) is 4.71. The van der Waals surface area contributed by atoms with Gasteiger partial charge < -0.3 is 9.80 Å². The summed E-state index contributed by atoms with van der Waals surface area (Å²) < 4.78 is 0. The normalized spacial score (nSPS) is 23.2. The van der Waals surface area contributed by atoms with E-state index in [1.54, 1.807) is 4.90 Å². The molecule has 4 heteroatoms. The maximum absolute atomic E-state index is 13.2. The van der Waals surface area contributed by atoms with Crippen LogP contribution in [0.25, 0.3) is 0 Å². The minimum Gasteiger partial charge on any atom is -0.332 e. The van der Waals surface area contributed by atoms with Gasteiger partial charge in [-0.15, -0.1) is 13.0 Å². The van der Waals surface area contributed by atoms with Crippen molar-refractivity contribution in [1.82, 2.24) is 9.80 Å². The zero-order chi connectivity index (χ0) is 19.7. The van der Waals surface area contributed by atoms with Crippen molar-refractivity contribution in [2.24, 2.45) is 0 Å². The number of hydrogen-bond acceptors (Lipinski definition) is 2. The molecule has 2 aliphatic heterocycles. The third-order valence-electron chi connectivity index (χ3n) is 5.85. The number of fused-ring (bicyclic) bond motifs is 2. The summed E-state index contributed by atoms with van der Waals surface area (Å²) in [7, 11) is 0. The van der Waals surface area contributed by atoms with Crippen LogP contribution in [0.4, 0.5) is 0 Å². The highest BCUT2D eigenvalue weighted by Gasteiger charge is 2.61. The van der Waals surface area contributed by atoms with Crippen molar-refractivity contribution >= 4 is 11.8 Å². The molecule has 1 fully saturated rings. The summed E-state index contributed by atoms with van der Waals surface area (Å²) in [6, 6.07) is 17.3. The molecule has 0 aromatic heterocycles. The van der Waals surface area contributed by atoms with Crippen molar-refractivity contribution < 1.29 is 9.59 Å². The van der Waals surface area contributed by atoms with E-state index in [-0.39, 0.29) is 30.8 Å². The van der Waals surface area contributed by atoms with Crippen molar-refractivity contribution in [2.45, 2.75) is 31.0 Å². The van der Waals surface area contributed by atoms with Gasteiger partial charge in [0.25, 0.3) is 5.91 Å². The maximum atomic E-state index is 13.2. The molecule has 140 valence electrons. The van der Waals surface area contributed by atoms with Crippen LogP contribution < -0.4 is 0 Å². The second-order valence-electron chi connectivity index (χ2n) is 7.29. The van der Waals surface area contributed by atoms with Gasteiger partial charge in [0.15, 0.2) is 0 Å². The van der Waals surface area contributed by atoms with Crippen LogP contribution in [-0.4, -0.2) is 34.2 Å². The van der Waals surface area contributed by atoms with E-state index >= 15 is 0 Å². The van der Waals surface area contributed by atoms with E-state index in [0.717, 1.165) is 11.1 Å². The molecule has 1 saturated heterocycles. The van der Waals surface area contributed by atoms with E-state index in [1.165, 1.54) is 0 Å². The number of terminal acetylenes is 1. The van der Waals surface area contributed by atoms with Crippen LogP contribution in [0.1, 0.15) is 34.3 Å². The van der Waals surface area contributed by atoms with Gasteiger partial charge in [0.2, 0.25) is 5.91 Å². The van der Waals surface area contributed by atoms with Crippen molar-refractivity contribution in [3.05, 3.63) is 83.9 Å². The van der Waals surface area contributed by atoms with E-state index in [9.17, 15) is 9.59 Å². The first-order valence-electron chi connectivity index (χ1n) is 9.42. The quantitative estimate of drug-likeness (QED) is 0.598. The van der Waals surface area contributed by atoms with Crippen molar-refractivity contribution in [3.8, 4) is 12.3 Å². The third kappa shape index (κ3) is 2.55. The molecule has 0 unspecified atom stereocenters. The number of rotatable bonds is 5. The largest absolute Gasteiger partial charge is 0.332 e. The number of likely N-dealkylation sites (tertiary alicyclic amines) is 1. The van der Waals surface area contributed by atoms with Gasteiger partial charge in [-0.3, -0.25) is 9.59 Å². The zero-order valence-electron chi connectivity index (χ0n) is 15.7. The molecule has 2 amide bonds. The van der Waals surface area contributed by atoms with Crippen molar-refractivity contribution in [2.75, 3.05) is 6.54 Å². The van der Waals surface area contributed by atoms with Gasteiger partial charge in [-0.05, 0) is 23.6 Å². The van der Waals surface area contributed by atoms with Gasteiger partial charge in [0.1, 0.15) is 0 Å². The predicted molar refractivity (Wildman–Crippen MR) is 108 cm³/mol. The second-order valence-corrected chi connectivity index (χ2v) is 7.29. The molecule has 2 atom stereocenters. The van der Waals surface area contributed by atoms with E-state index in [2.05, 4.69) is 12.5 Å². The Balaban J connectivity index is 1.84. The van der Waals surface area contributed by atoms with E-state index in [4.69, 9.17) is 6.42 Å². The molecule has 2 aromatic carbocycles. The molecule has 2 aliphatic rings. The average molecular weight is 370 g/mol. The Morgan fingerprint density at radius 3 is 2.57 bits per heavy atom. The Kier molecular flexibility index (Phi) is 4.52. The maximum Gasteiger partial charge on any atom is 0.255 e. The number of hydrogen-bond donors (Lipinski definition) is 0. The molecule has 0 N–H and O–H groups in total. The van der Waals surface area contributed by atoms with E-state index in [1.807, 2.05) is 65.6 Å². The minimum absolute atomic E-state index is 0.0298. The molecule has 0 bridgehead atoms. The summed E-state index contributed by atoms with van der Waals surface area (Å²) in [6.45, 7) is 4.58. The van der Waals surface area contributed by atoms with Crippen LogP contribution in [0, 0.1) is 12.3 Å². The van der Waals surface area contributed by atoms with Crippen LogP contribution in [0.5, 0.6) is 0 Å². The smallest absolute Gasteiger partial charge is 0.255 e. The highest BCUT2D eigenvalue weighted by atomic mass is 16.2. The number of benzene rings is 2. The summed E-state index contributed by atoms with van der Waals surface area (Å²) >= 11 is 0. The van der Waals surface area contributed by atoms with Crippen molar-refractivity contribution in [1.29, 1.82) is 0 Å². The van der Waals surface area contributed by atoms with E-state index < -0.39 is 5.54 Å². The van der Waals surface area contributed by atoms with Crippen LogP contribution >= 0.6 is 0 Å². The lowest BCUT2D eigenvalue weighted by atomic mass is 9.81. The van der Waals surface area contributed by atoms with E-state index in [0.29, 0.717) is 18.5 Å². The minimum atomic E-state index is -0.750. The molecule has 4 nitrogen and oxygen atoms in total. The highest BCUT2D eigenvalue weighted by molar-refractivity contribution is 6.02. The molecule has 2 heterocycles. The van der Waals surface area contributed by atoms with Gasteiger partial charge in [0.05, 0.1) is 24.5 Å². The molecule has 0 aliphatic carbocycles. The number of nitrogens with zero attached hydrogens (tertiary/aromatic N) is 2. The second kappa shape index (κ2) is 7.01. The molecular weight excluding hydrogens is 348 g/mol. The first kappa shape index (κ1) is 18.1. The fraction of sp³-hybridized carbons (Fsp3) is 0.250. The monoisotopic (exact) mass is 370 g/mol. The molecule has 28 heavy (non-hydrogen) atoms. The predicted octanol–water partition coefficient (Wildman–Crippen LogP) is 3.35. The summed E-state index contributed by atoms with van der Waals surface area (Å²) in [5.41, 5.74) is 1.84. The lowest BCUT2D eigenvalue weighted by molar-refractivity contribution is -0.129. The number of carbonyl (C=O) groups excluding carboxylic acids is 2. The van der Waals surface area contributed by atoms with Gasteiger partial charge in [-0.25, -0.2) is 0 Å². The Hall–Kier alpha value is -3.32. The number of carbonyl (C=O) groups is 2. The first-order chi connectivity index (χ1) is 13.6. The zero-order valence-corrected chi connectivity index (χ0v) is 15.7. The summed E-state index contributed by atoms with van der Waals surface area (Å²) in [5, 5.41) is 0. The molecule has 0 radical (unpaired) electrons. The first-order valence-corrected chi connectivity index (χ1v) is 9.42. The lowest BCUT2D eigenvalue weighted by Crippen LogP contribution is -2.52. The van der Waals surface area contributed by atoms with Gasteiger partial charge >= 0.3 is 0 Å². The van der Waals surface area contributed by atoms with Crippen LogP contribution in [-0.2, 0) is 16.9 Å². The summed E-state index contributed by atoms with van der Waals surface area (Å²) in [4.78, 5) is 29.9. The van der Waals surface area contributed by atoms with Gasteiger partial charge in [-0.2, -0.15) is 0 Å². The topological polar surface area (TPSA) is 40.6 Å². The Labute approximate surface area is 165 Å². The van der Waals surface area contributed by atoms with Gasteiger partial charge in [0, 0.05) is 12.1 Å². The average Bonchev–Trinajstić information content (AvgIpc) is 3.11. The fourth-order valence-electron chi connectivity index (χ4n) is 4.71. The Morgan fingerprint density at radius 1 is 1.14 bits per heavy atom. The summed E-state index contributed by atoms with van der Waals surface area (Å²) in [5.74, 6) is 2.55. The lowest BCUT2D eigenvalue weighted by Gasteiger charge is -2.41. The Bertz CT molecular complexity index is 976. The van der Waals surface area contributed by atoms with Crippen LogP contribution in [0.15, 0.2) is 67.3 Å². The van der Waals surface area contributed by atoms with Crippen LogP contribution in [0.2, 0.25) is 0 Å². The standard InChI is InChI=1S/C24H22N2O2/c1-3-10-21-24(16-22(27)25(21)17-18-11-6-5-7-12-18)20-14-9-8-13-19(20)23(28)26(24)15-4-2/h2-3,5-9,11-14,21H,1,10,15-17H2/t21-,24-/m0/s1. The molecule has 1 spiro atoms. The van der Waals surface area contributed by atoms with Crippen LogP contribution in [0.3, 0.4) is 0 Å². The summed E-state index contributed by atoms with van der Waals surface area (Å²) in [6.07, 6.45) is 8.25. The third-order valence-corrected chi connectivity index (χ3v) is 5.85. The highest BCUT2D eigenvalue weighted by Crippen LogP contribution is 2.51. The molecular formula is C24H22N2O2. The van der Waals surface area contributed by atoms with Gasteiger partial charge in [-0.1, -0.05) is 60.5 Å².